The molecule has 2 rings (SSSR count). The van der Waals surface area contributed by atoms with E-state index in [1.807, 2.05) is 56.3 Å². The van der Waals surface area contributed by atoms with Gasteiger partial charge in [-0.2, -0.15) is 5.26 Å². The summed E-state index contributed by atoms with van der Waals surface area (Å²) in [7, 11) is 0. The van der Waals surface area contributed by atoms with Gasteiger partial charge < -0.3 is 10.6 Å². The predicted octanol–water partition coefficient (Wildman–Crippen LogP) is 2.62. The number of nitrogens with one attached hydrogen (secondary N) is 2. The standard InChI is InChI=1S/C19H21N3O2/c1-13(2)12-17(19(24)21-11-10-20)22-18(23)16-9-5-7-14-6-3-4-8-15(14)16/h3-9,13,17H,11-12H2,1-2H3,(H,21,24)(H,22,23)/t17-/m0/s1. The fraction of sp³-hybridized carbons (Fsp3) is 0.316. The minimum absolute atomic E-state index is 0.0719. The molecule has 1 atom stereocenters. The van der Waals surface area contributed by atoms with E-state index in [1.165, 1.54) is 0 Å². The monoisotopic (exact) mass is 323 g/mol. The number of nitrogens with zero attached hydrogens (tertiary/aromatic N) is 1. The van der Waals surface area contributed by atoms with Crippen LogP contribution in [0.15, 0.2) is 42.5 Å². The number of amides is 2. The lowest BCUT2D eigenvalue weighted by Gasteiger charge is -2.20. The Hall–Kier alpha value is -2.87. The van der Waals surface area contributed by atoms with Gasteiger partial charge in [0.2, 0.25) is 5.91 Å². The molecule has 0 fully saturated rings. The third kappa shape index (κ3) is 4.32. The van der Waals surface area contributed by atoms with Crippen molar-refractivity contribution >= 4 is 22.6 Å². The van der Waals surface area contributed by atoms with Gasteiger partial charge in [-0.3, -0.25) is 9.59 Å². The Labute approximate surface area is 141 Å². The van der Waals surface area contributed by atoms with Crippen molar-refractivity contribution in [1.29, 1.82) is 5.26 Å². The topological polar surface area (TPSA) is 82.0 Å². The zero-order valence-electron chi connectivity index (χ0n) is 13.9. The van der Waals surface area contributed by atoms with Crippen molar-refractivity contribution in [2.24, 2.45) is 5.92 Å². The average Bonchev–Trinajstić information content (AvgIpc) is 2.58. The van der Waals surface area contributed by atoms with Crippen LogP contribution in [0.1, 0.15) is 30.6 Å². The average molecular weight is 323 g/mol. The van der Waals surface area contributed by atoms with Crippen molar-refractivity contribution < 1.29 is 9.59 Å². The van der Waals surface area contributed by atoms with Crippen LogP contribution in [0.25, 0.3) is 10.8 Å². The summed E-state index contributed by atoms with van der Waals surface area (Å²) in [6, 6.07) is 14.3. The normalized spacial score (nSPS) is 11.8. The highest BCUT2D eigenvalue weighted by Crippen LogP contribution is 2.18. The second-order valence-corrected chi connectivity index (χ2v) is 6.06. The second-order valence-electron chi connectivity index (χ2n) is 6.06. The molecule has 0 saturated carbocycles. The zero-order chi connectivity index (χ0) is 17.5. The van der Waals surface area contributed by atoms with Gasteiger partial charge in [0.15, 0.2) is 0 Å². The Morgan fingerprint density at radius 2 is 1.83 bits per heavy atom. The van der Waals surface area contributed by atoms with Crippen LogP contribution >= 0.6 is 0 Å². The molecule has 2 aromatic rings. The number of carbonyl (C=O) groups excluding carboxylic acids is 2. The fourth-order valence-corrected chi connectivity index (χ4v) is 2.61. The molecule has 0 aliphatic rings. The Bertz CT molecular complexity index is 772. The molecule has 0 heterocycles. The maximum absolute atomic E-state index is 12.7. The number of rotatable bonds is 6. The quantitative estimate of drug-likeness (QED) is 0.802. The largest absolute Gasteiger partial charge is 0.341 e. The number of benzene rings is 2. The Balaban J connectivity index is 2.23. The molecule has 0 aliphatic heterocycles. The highest BCUT2D eigenvalue weighted by molar-refractivity contribution is 6.08. The lowest BCUT2D eigenvalue weighted by atomic mass is 10.0. The summed E-state index contributed by atoms with van der Waals surface area (Å²) >= 11 is 0. The molecule has 0 bridgehead atoms. The zero-order valence-corrected chi connectivity index (χ0v) is 13.9. The lowest BCUT2D eigenvalue weighted by Crippen LogP contribution is -2.47. The fourth-order valence-electron chi connectivity index (χ4n) is 2.61. The van der Waals surface area contributed by atoms with Crippen molar-refractivity contribution in [3.8, 4) is 6.07 Å². The highest BCUT2D eigenvalue weighted by atomic mass is 16.2. The van der Waals surface area contributed by atoms with Gasteiger partial charge in [0.25, 0.3) is 5.91 Å². The van der Waals surface area contributed by atoms with E-state index in [0.29, 0.717) is 12.0 Å². The second kappa shape index (κ2) is 8.11. The first-order valence-corrected chi connectivity index (χ1v) is 7.96. The molecular weight excluding hydrogens is 302 g/mol. The summed E-state index contributed by atoms with van der Waals surface area (Å²) in [5, 5.41) is 15.7. The van der Waals surface area contributed by atoms with Gasteiger partial charge in [-0.15, -0.1) is 0 Å². The maximum Gasteiger partial charge on any atom is 0.252 e. The van der Waals surface area contributed by atoms with Gasteiger partial charge in [0.05, 0.1) is 6.07 Å². The molecule has 2 N–H and O–H groups in total. The van der Waals surface area contributed by atoms with E-state index in [1.54, 1.807) is 6.07 Å². The minimum Gasteiger partial charge on any atom is -0.341 e. The first kappa shape index (κ1) is 17.5. The van der Waals surface area contributed by atoms with Gasteiger partial charge >= 0.3 is 0 Å². The number of nitriles is 1. The summed E-state index contributed by atoms with van der Waals surface area (Å²) in [6.07, 6.45) is 0.508. The van der Waals surface area contributed by atoms with Gasteiger partial charge in [-0.25, -0.2) is 0 Å². The Morgan fingerprint density at radius 3 is 2.54 bits per heavy atom. The van der Waals surface area contributed by atoms with Crippen LogP contribution in [0.2, 0.25) is 0 Å². The number of carbonyl (C=O) groups is 2. The number of fused-ring (bicyclic) bond motifs is 1. The van der Waals surface area contributed by atoms with Crippen LogP contribution in [0, 0.1) is 17.2 Å². The lowest BCUT2D eigenvalue weighted by molar-refractivity contribution is -0.123. The van der Waals surface area contributed by atoms with Crippen molar-refractivity contribution in [2.45, 2.75) is 26.3 Å². The summed E-state index contributed by atoms with van der Waals surface area (Å²) < 4.78 is 0. The van der Waals surface area contributed by atoms with Gasteiger partial charge in [0, 0.05) is 5.56 Å². The van der Waals surface area contributed by atoms with Crippen LogP contribution in [-0.2, 0) is 4.79 Å². The van der Waals surface area contributed by atoms with E-state index >= 15 is 0 Å². The maximum atomic E-state index is 12.7. The molecule has 0 spiro atoms. The number of hydrogen-bond acceptors (Lipinski definition) is 3. The third-order valence-electron chi connectivity index (χ3n) is 3.70. The minimum atomic E-state index is -0.662. The van der Waals surface area contributed by atoms with Crippen molar-refractivity contribution in [2.75, 3.05) is 6.54 Å². The smallest absolute Gasteiger partial charge is 0.252 e. The van der Waals surface area contributed by atoms with Gasteiger partial charge in [-0.05, 0) is 29.2 Å². The SMILES string of the molecule is CC(C)C[C@H](NC(=O)c1cccc2ccccc12)C(=O)NCC#N. The number of hydrogen-bond donors (Lipinski definition) is 2. The van der Waals surface area contributed by atoms with Crippen LogP contribution in [0.3, 0.4) is 0 Å². The molecule has 0 aromatic heterocycles. The summed E-state index contributed by atoms with van der Waals surface area (Å²) in [6.45, 7) is 3.89. The molecule has 0 saturated heterocycles. The molecular formula is C19H21N3O2. The molecule has 0 unspecified atom stereocenters. The van der Waals surface area contributed by atoms with Crippen molar-refractivity contribution in [3.05, 3.63) is 48.0 Å². The van der Waals surface area contributed by atoms with Crippen LogP contribution in [0.4, 0.5) is 0 Å². The summed E-state index contributed by atoms with van der Waals surface area (Å²) in [4.78, 5) is 24.9. The van der Waals surface area contributed by atoms with E-state index < -0.39 is 6.04 Å². The van der Waals surface area contributed by atoms with E-state index in [4.69, 9.17) is 5.26 Å². The van der Waals surface area contributed by atoms with Crippen LogP contribution in [-0.4, -0.2) is 24.4 Å². The van der Waals surface area contributed by atoms with Gasteiger partial charge in [-0.1, -0.05) is 50.2 Å². The molecule has 5 heteroatoms. The van der Waals surface area contributed by atoms with Crippen molar-refractivity contribution in [3.63, 3.8) is 0 Å². The Kier molecular flexibility index (Phi) is 5.91. The third-order valence-corrected chi connectivity index (χ3v) is 3.70. The molecule has 0 radical (unpaired) electrons. The first-order chi connectivity index (χ1) is 11.5. The molecule has 0 aliphatic carbocycles. The van der Waals surface area contributed by atoms with E-state index in [2.05, 4.69) is 10.6 Å². The summed E-state index contributed by atoms with van der Waals surface area (Å²) in [5.74, 6) is -0.390. The molecule has 24 heavy (non-hydrogen) atoms. The van der Waals surface area contributed by atoms with Crippen molar-refractivity contribution in [1.82, 2.24) is 10.6 Å². The molecule has 2 amide bonds. The van der Waals surface area contributed by atoms with E-state index in [-0.39, 0.29) is 24.3 Å². The van der Waals surface area contributed by atoms with Crippen LogP contribution < -0.4 is 10.6 Å². The van der Waals surface area contributed by atoms with E-state index in [9.17, 15) is 9.59 Å². The predicted molar refractivity (Wildman–Crippen MR) is 93.3 cm³/mol. The highest BCUT2D eigenvalue weighted by Gasteiger charge is 2.22. The summed E-state index contributed by atoms with van der Waals surface area (Å²) in [5.41, 5.74) is 0.537. The molecule has 5 nitrogen and oxygen atoms in total. The van der Waals surface area contributed by atoms with E-state index in [0.717, 1.165) is 10.8 Å². The Morgan fingerprint density at radius 1 is 1.12 bits per heavy atom. The van der Waals surface area contributed by atoms with Gasteiger partial charge in [0.1, 0.15) is 12.6 Å². The van der Waals surface area contributed by atoms with Crippen LogP contribution in [0.5, 0.6) is 0 Å². The first-order valence-electron chi connectivity index (χ1n) is 7.96. The molecule has 124 valence electrons. The molecule has 2 aromatic carbocycles.